The summed E-state index contributed by atoms with van der Waals surface area (Å²) >= 11 is 0. The minimum absolute atomic E-state index is 0.00857. The number of aryl methyl sites for hydroxylation is 2. The normalized spacial score (nSPS) is 11.3. The Balaban J connectivity index is 1.87. The van der Waals surface area contributed by atoms with Crippen molar-refractivity contribution >= 4 is 22.6 Å². The number of aromatic nitrogens is 5. The van der Waals surface area contributed by atoms with Gasteiger partial charge < -0.3 is 9.67 Å². The zero-order valence-corrected chi connectivity index (χ0v) is 15.4. The molecule has 0 bridgehead atoms. The van der Waals surface area contributed by atoms with Crippen molar-refractivity contribution in [2.75, 3.05) is 0 Å². The van der Waals surface area contributed by atoms with Gasteiger partial charge in [-0.25, -0.2) is 4.52 Å². The molecule has 0 radical (unpaired) electrons. The number of carboxylic acid groups (broad SMARTS) is 1. The van der Waals surface area contributed by atoms with Gasteiger partial charge >= 0.3 is 5.97 Å². The summed E-state index contributed by atoms with van der Waals surface area (Å²) in [7, 11) is 0. The highest BCUT2D eigenvalue weighted by Crippen LogP contribution is 2.28. The monoisotopic (exact) mass is 377 g/mol. The number of carboxylic acids is 1. The Morgan fingerprint density at radius 1 is 1.14 bits per heavy atom. The largest absolute Gasteiger partial charge is 0.481 e. The molecule has 1 N–H and O–H groups in total. The summed E-state index contributed by atoms with van der Waals surface area (Å²) in [6, 6.07) is 11.7. The Kier molecular flexibility index (Phi) is 4.60. The van der Waals surface area contributed by atoms with Gasteiger partial charge in [-0.15, -0.1) is 10.2 Å². The zero-order chi connectivity index (χ0) is 19.7. The SMILES string of the molecule is CCc1nn2c(nnc3c(=O)n(CCCC(=O)O)ccc32)c1-c1ccccc1. The van der Waals surface area contributed by atoms with Gasteiger partial charge in [0, 0.05) is 19.2 Å². The molecule has 0 amide bonds. The van der Waals surface area contributed by atoms with E-state index in [0.29, 0.717) is 24.1 Å². The molecule has 0 spiro atoms. The van der Waals surface area contributed by atoms with Crippen LogP contribution in [0, 0.1) is 0 Å². The third-order valence-corrected chi connectivity index (χ3v) is 4.71. The quantitative estimate of drug-likeness (QED) is 0.554. The van der Waals surface area contributed by atoms with E-state index < -0.39 is 5.97 Å². The van der Waals surface area contributed by atoms with Crippen molar-refractivity contribution in [1.82, 2.24) is 24.4 Å². The van der Waals surface area contributed by atoms with Gasteiger partial charge in [0.05, 0.1) is 11.3 Å². The van der Waals surface area contributed by atoms with Gasteiger partial charge in [-0.05, 0) is 24.5 Å². The Labute approximate surface area is 160 Å². The summed E-state index contributed by atoms with van der Waals surface area (Å²) < 4.78 is 3.14. The third-order valence-electron chi connectivity index (χ3n) is 4.71. The number of nitrogens with zero attached hydrogens (tertiary/aromatic N) is 5. The van der Waals surface area contributed by atoms with E-state index in [4.69, 9.17) is 5.11 Å². The van der Waals surface area contributed by atoms with Crippen molar-refractivity contribution in [3.63, 3.8) is 0 Å². The van der Waals surface area contributed by atoms with Crippen molar-refractivity contribution in [2.45, 2.75) is 32.7 Å². The van der Waals surface area contributed by atoms with E-state index >= 15 is 0 Å². The number of aliphatic carboxylic acids is 1. The Morgan fingerprint density at radius 3 is 2.64 bits per heavy atom. The Hall–Kier alpha value is -3.55. The van der Waals surface area contributed by atoms with Gasteiger partial charge in [0.25, 0.3) is 5.56 Å². The summed E-state index contributed by atoms with van der Waals surface area (Å²) in [6.45, 7) is 2.34. The van der Waals surface area contributed by atoms with Crippen molar-refractivity contribution in [1.29, 1.82) is 0 Å². The van der Waals surface area contributed by atoms with Crippen LogP contribution in [0.2, 0.25) is 0 Å². The average molecular weight is 377 g/mol. The van der Waals surface area contributed by atoms with Gasteiger partial charge in [-0.2, -0.15) is 5.10 Å². The highest BCUT2D eigenvalue weighted by atomic mass is 16.4. The van der Waals surface area contributed by atoms with Crippen molar-refractivity contribution in [3.8, 4) is 11.1 Å². The van der Waals surface area contributed by atoms with E-state index in [9.17, 15) is 9.59 Å². The maximum Gasteiger partial charge on any atom is 0.303 e. The predicted molar refractivity (Wildman–Crippen MR) is 104 cm³/mol. The van der Waals surface area contributed by atoms with Crippen molar-refractivity contribution in [2.24, 2.45) is 0 Å². The van der Waals surface area contributed by atoms with Gasteiger partial charge in [0.1, 0.15) is 5.52 Å². The van der Waals surface area contributed by atoms with Gasteiger partial charge in [-0.1, -0.05) is 37.3 Å². The molecule has 0 atom stereocenters. The van der Waals surface area contributed by atoms with Crippen LogP contribution in [0.4, 0.5) is 0 Å². The molecule has 4 aromatic rings. The fourth-order valence-corrected chi connectivity index (χ4v) is 3.35. The molecular formula is C20H19N5O3. The summed E-state index contributed by atoms with van der Waals surface area (Å²) in [5.41, 5.74) is 3.92. The van der Waals surface area contributed by atoms with Crippen molar-refractivity contribution < 1.29 is 9.90 Å². The topological polar surface area (TPSA) is 102 Å². The highest BCUT2D eigenvalue weighted by molar-refractivity contribution is 5.84. The van der Waals surface area contributed by atoms with Crippen molar-refractivity contribution in [3.05, 3.63) is 58.6 Å². The van der Waals surface area contributed by atoms with Crippen LogP contribution in [0.15, 0.2) is 47.4 Å². The van der Waals surface area contributed by atoms with E-state index in [1.54, 1.807) is 16.8 Å². The van der Waals surface area contributed by atoms with E-state index in [1.165, 1.54) is 4.57 Å². The minimum Gasteiger partial charge on any atom is -0.481 e. The standard InChI is InChI=1S/C20H19N5O3/c1-2-14-17(13-7-4-3-5-8-13)19-22-21-18-15(25(19)23-14)10-12-24(20(18)28)11-6-9-16(26)27/h3-5,7-8,10,12H,2,6,9,11H2,1H3,(H,26,27). The first-order valence-corrected chi connectivity index (χ1v) is 9.14. The van der Waals surface area contributed by atoms with Gasteiger partial charge in [-0.3, -0.25) is 9.59 Å². The van der Waals surface area contributed by atoms with Crippen LogP contribution >= 0.6 is 0 Å². The van der Waals surface area contributed by atoms with E-state index in [1.807, 2.05) is 37.3 Å². The molecule has 28 heavy (non-hydrogen) atoms. The fraction of sp³-hybridized carbons (Fsp3) is 0.250. The van der Waals surface area contributed by atoms with Crippen LogP contribution in [-0.2, 0) is 17.8 Å². The van der Waals surface area contributed by atoms with E-state index in [0.717, 1.165) is 23.2 Å². The summed E-state index contributed by atoms with van der Waals surface area (Å²) in [5, 5.41) is 21.9. The van der Waals surface area contributed by atoms with E-state index in [-0.39, 0.29) is 17.5 Å². The van der Waals surface area contributed by atoms with Crippen LogP contribution in [0.25, 0.3) is 27.8 Å². The fourth-order valence-electron chi connectivity index (χ4n) is 3.35. The van der Waals surface area contributed by atoms with Crippen LogP contribution in [0.1, 0.15) is 25.5 Å². The van der Waals surface area contributed by atoms with Crippen LogP contribution in [-0.4, -0.2) is 35.5 Å². The molecular weight excluding hydrogens is 358 g/mol. The number of fused-ring (bicyclic) bond motifs is 3. The molecule has 3 heterocycles. The predicted octanol–water partition coefficient (Wildman–Crippen LogP) is 2.53. The lowest BCUT2D eigenvalue weighted by Gasteiger charge is -2.06. The number of pyridine rings is 1. The molecule has 4 rings (SSSR count). The molecule has 8 heteroatoms. The second kappa shape index (κ2) is 7.22. The molecule has 0 aliphatic carbocycles. The molecule has 0 saturated carbocycles. The number of hydrogen-bond donors (Lipinski definition) is 1. The lowest BCUT2D eigenvalue weighted by Crippen LogP contribution is -2.22. The summed E-state index contributed by atoms with van der Waals surface area (Å²) in [5.74, 6) is -0.882. The van der Waals surface area contributed by atoms with Crippen LogP contribution < -0.4 is 5.56 Å². The van der Waals surface area contributed by atoms with Crippen LogP contribution in [0.3, 0.4) is 0 Å². The average Bonchev–Trinajstić information content (AvgIpc) is 3.09. The van der Waals surface area contributed by atoms with Gasteiger partial charge in [0.15, 0.2) is 11.2 Å². The lowest BCUT2D eigenvalue weighted by molar-refractivity contribution is -0.137. The molecule has 142 valence electrons. The first-order valence-electron chi connectivity index (χ1n) is 9.14. The Bertz CT molecular complexity index is 1230. The zero-order valence-electron chi connectivity index (χ0n) is 15.4. The maximum absolute atomic E-state index is 12.8. The molecule has 0 aliphatic heterocycles. The molecule has 3 aromatic heterocycles. The number of hydrogen-bond acceptors (Lipinski definition) is 5. The van der Waals surface area contributed by atoms with E-state index in [2.05, 4.69) is 15.3 Å². The lowest BCUT2D eigenvalue weighted by atomic mass is 10.0. The second-order valence-corrected chi connectivity index (χ2v) is 6.52. The summed E-state index contributed by atoms with van der Waals surface area (Å²) in [4.78, 5) is 23.4. The maximum atomic E-state index is 12.8. The third kappa shape index (κ3) is 3.02. The first-order chi connectivity index (χ1) is 13.6. The molecule has 8 nitrogen and oxygen atoms in total. The molecule has 0 saturated heterocycles. The molecule has 0 unspecified atom stereocenters. The highest BCUT2D eigenvalue weighted by Gasteiger charge is 2.18. The molecule has 1 aromatic carbocycles. The van der Waals surface area contributed by atoms with Gasteiger partial charge in [0.2, 0.25) is 0 Å². The minimum atomic E-state index is -0.882. The molecule has 0 aliphatic rings. The number of benzene rings is 1. The smallest absolute Gasteiger partial charge is 0.303 e. The molecule has 0 fully saturated rings. The second-order valence-electron chi connectivity index (χ2n) is 6.52. The van der Waals surface area contributed by atoms with Crippen LogP contribution in [0.5, 0.6) is 0 Å². The first kappa shape index (κ1) is 17.8. The Morgan fingerprint density at radius 2 is 1.93 bits per heavy atom. The number of carbonyl (C=O) groups is 1. The summed E-state index contributed by atoms with van der Waals surface area (Å²) in [6.07, 6.45) is 2.76. The number of rotatable bonds is 6.